The number of rotatable bonds is 3. The fraction of sp³-hybridized carbons (Fsp3) is 0. The number of hydrogen-bond donors (Lipinski definition) is 3. The van der Waals surface area contributed by atoms with Gasteiger partial charge < -0.3 is 15.3 Å². The van der Waals surface area contributed by atoms with E-state index in [4.69, 9.17) is 0 Å². The van der Waals surface area contributed by atoms with Gasteiger partial charge in [-0.2, -0.15) is 5.48 Å². The van der Waals surface area contributed by atoms with Crippen LogP contribution in [0.3, 0.4) is 0 Å². The quantitative estimate of drug-likeness (QED) is 0.462. The highest BCUT2D eigenvalue weighted by Crippen LogP contribution is 2.29. The van der Waals surface area contributed by atoms with Gasteiger partial charge in [0, 0.05) is 6.08 Å². The monoisotopic (exact) mass is 298 g/mol. The maximum Gasteiger partial charge on any atom is 0.355 e. The van der Waals surface area contributed by atoms with Crippen LogP contribution in [-0.4, -0.2) is 17.1 Å². The fourth-order valence-electron chi connectivity index (χ4n) is 1.73. The van der Waals surface area contributed by atoms with Gasteiger partial charge in [-0.25, -0.2) is 9.59 Å². The molecule has 0 fully saturated rings. The van der Waals surface area contributed by atoms with Gasteiger partial charge in [-0.3, -0.25) is 0 Å². The number of anilines is 1. The molecule has 0 heterocycles. The highest BCUT2D eigenvalue weighted by molar-refractivity contribution is 5.92. The molecule has 0 spiro atoms. The predicted octanol–water partition coefficient (Wildman–Crippen LogP) is 2.82. The van der Waals surface area contributed by atoms with Crippen LogP contribution in [0.25, 0.3) is 11.1 Å². The second-order valence-electron chi connectivity index (χ2n) is 4.28. The van der Waals surface area contributed by atoms with Crippen LogP contribution in [0.4, 0.5) is 10.5 Å². The number of carbonyl (C=O) groups excluding carboxylic acids is 2. The summed E-state index contributed by atoms with van der Waals surface area (Å²) in [6, 6.07) is 13.5. The second-order valence-corrected chi connectivity index (χ2v) is 4.28. The van der Waals surface area contributed by atoms with Crippen molar-refractivity contribution in [2.24, 2.45) is 0 Å². The molecule has 0 bridgehead atoms. The average molecular weight is 298 g/mol. The van der Waals surface area contributed by atoms with Gasteiger partial charge in [0.2, 0.25) is 0 Å². The molecule has 2 aromatic carbocycles. The van der Waals surface area contributed by atoms with E-state index in [1.165, 1.54) is 6.07 Å². The number of nitrogens with one attached hydrogen (secondary N) is 2. The number of benzene rings is 2. The van der Waals surface area contributed by atoms with Crippen molar-refractivity contribution in [2.45, 2.75) is 0 Å². The molecule has 6 heteroatoms. The zero-order valence-electron chi connectivity index (χ0n) is 11.6. The minimum Gasteiger partial charge on any atom is -0.506 e. The average Bonchev–Trinajstić information content (AvgIpc) is 2.55. The minimum atomic E-state index is -0.796. The molecule has 0 saturated heterocycles. The van der Waals surface area contributed by atoms with Crippen LogP contribution in [0, 0.1) is 0 Å². The van der Waals surface area contributed by atoms with E-state index in [2.05, 4.69) is 16.7 Å². The standard InChI is InChI=1S/C16H14N2O4/c1-2-15(20)22-18-16(21)17-13-10-12(8-9-14(13)19)11-6-4-3-5-7-11/h2-10,19H,1H2,(H2,17,18,21). The first-order valence-electron chi connectivity index (χ1n) is 6.39. The topological polar surface area (TPSA) is 87.7 Å². The van der Waals surface area contributed by atoms with E-state index < -0.39 is 12.0 Å². The van der Waals surface area contributed by atoms with E-state index in [-0.39, 0.29) is 11.4 Å². The summed E-state index contributed by atoms with van der Waals surface area (Å²) in [4.78, 5) is 26.8. The van der Waals surface area contributed by atoms with Crippen molar-refractivity contribution in [1.82, 2.24) is 5.48 Å². The third kappa shape index (κ3) is 3.86. The lowest BCUT2D eigenvalue weighted by molar-refractivity contribution is -0.142. The number of carbonyl (C=O) groups is 2. The lowest BCUT2D eigenvalue weighted by atomic mass is 10.0. The first-order valence-corrected chi connectivity index (χ1v) is 6.39. The van der Waals surface area contributed by atoms with Gasteiger partial charge in [0.05, 0.1) is 5.69 Å². The van der Waals surface area contributed by atoms with Crippen molar-refractivity contribution >= 4 is 17.7 Å². The highest BCUT2D eigenvalue weighted by Gasteiger charge is 2.09. The third-order valence-corrected chi connectivity index (χ3v) is 2.76. The Kier molecular flexibility index (Phi) is 4.77. The van der Waals surface area contributed by atoms with Crippen LogP contribution in [0.15, 0.2) is 61.2 Å². The first-order chi connectivity index (χ1) is 10.6. The van der Waals surface area contributed by atoms with E-state index in [0.29, 0.717) is 0 Å². The maximum atomic E-state index is 11.6. The van der Waals surface area contributed by atoms with Crippen molar-refractivity contribution in [3.05, 3.63) is 61.2 Å². The van der Waals surface area contributed by atoms with Crippen LogP contribution in [0.2, 0.25) is 0 Å². The van der Waals surface area contributed by atoms with E-state index >= 15 is 0 Å². The Morgan fingerprint density at radius 1 is 1.09 bits per heavy atom. The number of aromatic hydroxyl groups is 1. The summed E-state index contributed by atoms with van der Waals surface area (Å²) in [5.41, 5.74) is 3.83. The van der Waals surface area contributed by atoms with Gasteiger partial charge in [-0.05, 0) is 23.3 Å². The summed E-state index contributed by atoms with van der Waals surface area (Å²) in [6.07, 6.45) is 0.910. The van der Waals surface area contributed by atoms with Crippen LogP contribution < -0.4 is 10.8 Å². The fourth-order valence-corrected chi connectivity index (χ4v) is 1.73. The van der Waals surface area contributed by atoms with E-state index in [0.717, 1.165) is 17.2 Å². The highest BCUT2D eigenvalue weighted by atomic mass is 16.7. The molecular formula is C16H14N2O4. The molecule has 0 unspecified atom stereocenters. The molecule has 2 aromatic rings. The molecule has 0 aliphatic heterocycles. The molecule has 6 nitrogen and oxygen atoms in total. The smallest absolute Gasteiger partial charge is 0.355 e. The summed E-state index contributed by atoms with van der Waals surface area (Å²) in [7, 11) is 0. The Balaban J connectivity index is 2.12. The van der Waals surface area contributed by atoms with Gasteiger partial charge in [0.1, 0.15) is 5.75 Å². The third-order valence-electron chi connectivity index (χ3n) is 2.76. The zero-order chi connectivity index (χ0) is 15.9. The van der Waals surface area contributed by atoms with Gasteiger partial charge in [0.15, 0.2) is 0 Å². The normalized spacial score (nSPS) is 9.64. The van der Waals surface area contributed by atoms with Crippen molar-refractivity contribution < 1.29 is 19.5 Å². The van der Waals surface area contributed by atoms with Gasteiger partial charge >= 0.3 is 12.0 Å². The van der Waals surface area contributed by atoms with Crippen LogP contribution in [0.5, 0.6) is 5.75 Å². The van der Waals surface area contributed by atoms with Crippen molar-refractivity contribution in [3.8, 4) is 16.9 Å². The summed E-state index contributed by atoms with van der Waals surface area (Å²) >= 11 is 0. The van der Waals surface area contributed by atoms with Crippen LogP contribution in [0.1, 0.15) is 0 Å². The van der Waals surface area contributed by atoms with Crippen LogP contribution >= 0.6 is 0 Å². The summed E-state index contributed by atoms with van der Waals surface area (Å²) in [6.45, 7) is 3.20. The maximum absolute atomic E-state index is 11.6. The number of urea groups is 1. The lowest BCUT2D eigenvalue weighted by Crippen LogP contribution is -2.30. The van der Waals surface area contributed by atoms with Gasteiger partial charge in [-0.1, -0.05) is 43.0 Å². The molecule has 3 N–H and O–H groups in total. The number of hydroxylamine groups is 1. The molecule has 0 radical (unpaired) electrons. The Morgan fingerprint density at radius 2 is 1.82 bits per heavy atom. The zero-order valence-corrected chi connectivity index (χ0v) is 11.6. The summed E-state index contributed by atoms with van der Waals surface area (Å²) in [5.74, 6) is -0.901. The Morgan fingerprint density at radius 3 is 2.50 bits per heavy atom. The number of phenolic OH excluding ortho intramolecular Hbond substituents is 1. The molecule has 0 aliphatic rings. The lowest BCUT2D eigenvalue weighted by Gasteiger charge is -2.10. The Hall–Kier alpha value is -3.28. The molecule has 0 aliphatic carbocycles. The molecule has 112 valence electrons. The summed E-state index contributed by atoms with van der Waals surface area (Å²) in [5, 5.41) is 12.2. The minimum absolute atomic E-state index is 0.107. The molecule has 22 heavy (non-hydrogen) atoms. The van der Waals surface area contributed by atoms with Crippen LogP contribution in [-0.2, 0) is 9.63 Å². The number of hydrogen-bond acceptors (Lipinski definition) is 4. The molecule has 2 amide bonds. The van der Waals surface area contributed by atoms with Crippen molar-refractivity contribution in [1.29, 1.82) is 0 Å². The largest absolute Gasteiger partial charge is 0.506 e. The van der Waals surface area contributed by atoms with Crippen molar-refractivity contribution in [2.75, 3.05) is 5.32 Å². The first kappa shape index (κ1) is 15.1. The second kappa shape index (κ2) is 6.94. The number of amides is 2. The molecule has 2 rings (SSSR count). The Labute approximate surface area is 127 Å². The van der Waals surface area contributed by atoms with Gasteiger partial charge in [0.25, 0.3) is 0 Å². The van der Waals surface area contributed by atoms with Gasteiger partial charge in [-0.15, -0.1) is 0 Å². The molecule has 0 atom stereocenters. The predicted molar refractivity (Wildman–Crippen MR) is 82.0 cm³/mol. The van der Waals surface area contributed by atoms with E-state index in [9.17, 15) is 14.7 Å². The van der Waals surface area contributed by atoms with E-state index in [1.54, 1.807) is 12.1 Å². The number of phenols is 1. The molecule has 0 aromatic heterocycles. The summed E-state index contributed by atoms with van der Waals surface area (Å²) < 4.78 is 0. The van der Waals surface area contributed by atoms with E-state index in [1.807, 2.05) is 35.8 Å². The Bertz CT molecular complexity index is 699. The SMILES string of the molecule is C=CC(=O)ONC(=O)Nc1cc(-c2ccccc2)ccc1O. The molecular weight excluding hydrogens is 284 g/mol. The molecule has 0 saturated carbocycles. The van der Waals surface area contributed by atoms with Crippen molar-refractivity contribution in [3.63, 3.8) is 0 Å².